The highest BCUT2D eigenvalue weighted by Gasteiger charge is 2.41. The van der Waals surface area contributed by atoms with Gasteiger partial charge in [0.25, 0.3) is 0 Å². The zero-order valence-electron chi connectivity index (χ0n) is 15.1. The average molecular weight is 401 g/mol. The molecule has 152 valence electrons. The second kappa shape index (κ2) is 7.70. The molecule has 1 aliphatic rings. The third kappa shape index (κ3) is 3.64. The van der Waals surface area contributed by atoms with Crippen LogP contribution in [-0.2, 0) is 15.7 Å². The van der Waals surface area contributed by atoms with E-state index in [1.807, 2.05) is 0 Å². The van der Waals surface area contributed by atoms with Crippen molar-refractivity contribution in [3.8, 4) is 11.5 Å². The maximum Gasteiger partial charge on any atom is 0.420 e. The number of H-pyrrole nitrogens is 1. The highest BCUT2D eigenvalue weighted by atomic mass is 19.4. The van der Waals surface area contributed by atoms with Crippen LogP contribution in [0, 0.1) is 0 Å². The molecular weight excluding hydrogens is 383 g/mol. The summed E-state index contributed by atoms with van der Waals surface area (Å²) < 4.78 is 62.3. The maximum atomic E-state index is 13.8. The van der Waals surface area contributed by atoms with Gasteiger partial charge in [-0.25, -0.2) is 4.79 Å². The Morgan fingerprint density at radius 3 is 2.71 bits per heavy atom. The van der Waals surface area contributed by atoms with Crippen LogP contribution in [0.4, 0.5) is 13.2 Å². The Balaban J connectivity index is 2.20. The molecule has 0 aliphatic carbocycles. The van der Waals surface area contributed by atoms with Crippen molar-refractivity contribution < 1.29 is 36.9 Å². The summed E-state index contributed by atoms with van der Waals surface area (Å²) in [5.41, 5.74) is -3.04. The van der Waals surface area contributed by atoms with Crippen LogP contribution in [0.2, 0.25) is 0 Å². The number of carbonyl (C=O) groups excluding carboxylic acids is 1. The Morgan fingerprint density at radius 1 is 1.32 bits per heavy atom. The minimum absolute atomic E-state index is 0.0230. The maximum absolute atomic E-state index is 13.8. The molecule has 10 heteroatoms. The van der Waals surface area contributed by atoms with Gasteiger partial charge in [-0.3, -0.25) is 4.79 Å². The first-order valence-electron chi connectivity index (χ1n) is 8.61. The predicted octanol–water partition coefficient (Wildman–Crippen LogP) is 2.90. The zero-order valence-corrected chi connectivity index (χ0v) is 15.1. The number of fused-ring (bicyclic) bond motifs is 2. The smallest absolute Gasteiger partial charge is 0.420 e. The fraction of sp³-hybridized carbons (Fsp3) is 0.444. The third-order valence-corrected chi connectivity index (χ3v) is 4.08. The first-order valence-corrected chi connectivity index (χ1v) is 8.61. The van der Waals surface area contributed by atoms with Crippen LogP contribution in [0.3, 0.4) is 0 Å². The SMILES string of the molecule is CCOCC1COc2c(cc3[nH]cc(C(=O)OCC)c(=O)c3c2C(F)(F)F)O1. The van der Waals surface area contributed by atoms with E-state index in [2.05, 4.69) is 4.98 Å². The van der Waals surface area contributed by atoms with E-state index < -0.39 is 45.9 Å². The van der Waals surface area contributed by atoms with E-state index in [1.54, 1.807) is 6.92 Å². The number of halogens is 3. The normalized spacial score (nSPS) is 16.2. The number of aromatic nitrogens is 1. The van der Waals surface area contributed by atoms with E-state index in [9.17, 15) is 22.8 Å². The van der Waals surface area contributed by atoms with E-state index in [-0.39, 0.29) is 31.1 Å². The number of aromatic amines is 1. The minimum Gasteiger partial charge on any atom is -0.485 e. The van der Waals surface area contributed by atoms with E-state index in [4.69, 9.17) is 18.9 Å². The fourth-order valence-corrected chi connectivity index (χ4v) is 2.92. The number of ether oxygens (including phenoxy) is 4. The van der Waals surface area contributed by atoms with Gasteiger partial charge in [0.1, 0.15) is 17.7 Å². The summed E-state index contributed by atoms with van der Waals surface area (Å²) >= 11 is 0. The van der Waals surface area contributed by atoms with Crippen LogP contribution in [0.15, 0.2) is 17.1 Å². The highest BCUT2D eigenvalue weighted by Crippen LogP contribution is 2.46. The molecule has 1 aliphatic heterocycles. The molecule has 2 aromatic rings. The Kier molecular flexibility index (Phi) is 5.50. The molecule has 0 bridgehead atoms. The first kappa shape index (κ1) is 20.0. The molecular formula is C18H18F3NO6. The lowest BCUT2D eigenvalue weighted by Crippen LogP contribution is -2.34. The van der Waals surface area contributed by atoms with Gasteiger partial charge in [0.05, 0.1) is 24.1 Å². The predicted molar refractivity (Wildman–Crippen MR) is 91.9 cm³/mol. The molecule has 0 fully saturated rings. The topological polar surface area (TPSA) is 86.9 Å². The first-order chi connectivity index (χ1) is 13.3. The van der Waals surface area contributed by atoms with Gasteiger partial charge in [-0.1, -0.05) is 0 Å². The molecule has 0 saturated carbocycles. The van der Waals surface area contributed by atoms with E-state index in [1.165, 1.54) is 13.0 Å². The average Bonchev–Trinajstić information content (AvgIpc) is 2.64. The van der Waals surface area contributed by atoms with Crippen molar-refractivity contribution in [1.82, 2.24) is 4.98 Å². The molecule has 3 rings (SSSR count). The van der Waals surface area contributed by atoms with Crippen molar-refractivity contribution in [1.29, 1.82) is 0 Å². The quantitative estimate of drug-likeness (QED) is 0.776. The number of hydrogen-bond acceptors (Lipinski definition) is 6. The van der Waals surface area contributed by atoms with Gasteiger partial charge in [0, 0.05) is 18.9 Å². The number of nitrogens with one attached hydrogen (secondary N) is 1. The number of benzene rings is 1. The largest absolute Gasteiger partial charge is 0.485 e. The Morgan fingerprint density at radius 2 is 2.07 bits per heavy atom. The second-order valence-corrected chi connectivity index (χ2v) is 5.96. The molecule has 28 heavy (non-hydrogen) atoms. The lowest BCUT2D eigenvalue weighted by molar-refractivity contribution is -0.138. The Hall–Kier alpha value is -2.75. The van der Waals surface area contributed by atoms with Crippen LogP contribution in [0.5, 0.6) is 11.5 Å². The van der Waals surface area contributed by atoms with Crippen molar-refractivity contribution >= 4 is 16.9 Å². The van der Waals surface area contributed by atoms with Crippen molar-refractivity contribution in [2.24, 2.45) is 0 Å². The van der Waals surface area contributed by atoms with Crippen LogP contribution in [-0.4, -0.2) is 43.5 Å². The molecule has 1 atom stereocenters. The van der Waals surface area contributed by atoms with E-state index >= 15 is 0 Å². The summed E-state index contributed by atoms with van der Waals surface area (Å²) in [6, 6.07) is 1.24. The molecule has 2 heterocycles. The van der Waals surface area contributed by atoms with Gasteiger partial charge in [-0.2, -0.15) is 13.2 Å². The Labute approximate surface area is 157 Å². The summed E-state index contributed by atoms with van der Waals surface area (Å²) in [4.78, 5) is 27.1. The van der Waals surface area contributed by atoms with Gasteiger partial charge in [-0.05, 0) is 13.8 Å². The second-order valence-electron chi connectivity index (χ2n) is 5.96. The van der Waals surface area contributed by atoms with E-state index in [0.29, 0.717) is 6.61 Å². The number of hydrogen-bond donors (Lipinski definition) is 1. The molecule has 1 aromatic carbocycles. The van der Waals surface area contributed by atoms with Crippen molar-refractivity contribution in [3.05, 3.63) is 33.6 Å². The summed E-state index contributed by atoms with van der Waals surface area (Å²) in [5.74, 6) is -1.75. The zero-order chi connectivity index (χ0) is 20.5. The number of carbonyl (C=O) groups is 1. The standard InChI is InChI=1S/C18H18F3NO6/c1-3-25-7-9-8-27-16-12(28-9)5-11-13(14(16)18(19,20)21)15(23)10(6-22-11)17(24)26-4-2/h5-6,9H,3-4,7-8H2,1-2H3,(H,22,23). The molecule has 0 spiro atoms. The summed E-state index contributed by atoms with van der Waals surface area (Å²) in [7, 11) is 0. The third-order valence-electron chi connectivity index (χ3n) is 4.08. The van der Waals surface area contributed by atoms with Gasteiger partial charge in [0.2, 0.25) is 5.43 Å². The lowest BCUT2D eigenvalue weighted by Gasteiger charge is -2.29. The van der Waals surface area contributed by atoms with Gasteiger partial charge >= 0.3 is 12.1 Å². The number of alkyl halides is 3. The van der Waals surface area contributed by atoms with Crippen LogP contribution < -0.4 is 14.9 Å². The number of esters is 1. The van der Waals surface area contributed by atoms with Crippen molar-refractivity contribution in [2.75, 3.05) is 26.4 Å². The molecule has 1 aromatic heterocycles. The highest BCUT2D eigenvalue weighted by molar-refractivity contribution is 5.96. The Bertz CT molecular complexity index is 953. The summed E-state index contributed by atoms with van der Waals surface area (Å²) in [5, 5.41) is -0.705. The molecule has 0 saturated heterocycles. The lowest BCUT2D eigenvalue weighted by atomic mass is 10.0. The van der Waals surface area contributed by atoms with Crippen LogP contribution >= 0.6 is 0 Å². The molecule has 0 radical (unpaired) electrons. The number of pyridine rings is 1. The summed E-state index contributed by atoms with van der Waals surface area (Å²) in [6.07, 6.45) is -4.48. The molecule has 1 unspecified atom stereocenters. The van der Waals surface area contributed by atoms with Gasteiger partial charge < -0.3 is 23.9 Å². The monoisotopic (exact) mass is 401 g/mol. The molecule has 7 nitrogen and oxygen atoms in total. The molecule has 0 amide bonds. The number of rotatable bonds is 5. The van der Waals surface area contributed by atoms with Crippen molar-refractivity contribution in [3.63, 3.8) is 0 Å². The fourth-order valence-electron chi connectivity index (χ4n) is 2.92. The van der Waals surface area contributed by atoms with E-state index in [0.717, 1.165) is 6.20 Å². The minimum atomic E-state index is -4.92. The molecule has 1 N–H and O–H groups in total. The van der Waals surface area contributed by atoms with Gasteiger partial charge in [0.15, 0.2) is 17.6 Å². The van der Waals surface area contributed by atoms with Crippen molar-refractivity contribution in [2.45, 2.75) is 26.1 Å². The van der Waals surface area contributed by atoms with Gasteiger partial charge in [-0.15, -0.1) is 0 Å². The van der Waals surface area contributed by atoms with Crippen LogP contribution in [0.1, 0.15) is 29.8 Å². The summed E-state index contributed by atoms with van der Waals surface area (Å²) in [6.45, 7) is 3.67. The van der Waals surface area contributed by atoms with Crippen LogP contribution in [0.25, 0.3) is 10.9 Å².